The van der Waals surface area contributed by atoms with Crippen LogP contribution >= 0.6 is 27.7 Å². The van der Waals surface area contributed by atoms with Crippen LogP contribution in [0.1, 0.15) is 37.3 Å². The molecule has 134 valence electrons. The van der Waals surface area contributed by atoms with Gasteiger partial charge < -0.3 is 10.1 Å². The average molecular weight is 426 g/mol. The minimum atomic E-state index is -0.116. The van der Waals surface area contributed by atoms with E-state index in [-0.39, 0.29) is 11.7 Å². The number of aromatic nitrogens is 4. The Labute approximate surface area is 159 Å². The predicted octanol–water partition coefficient (Wildman–Crippen LogP) is 3.60. The summed E-state index contributed by atoms with van der Waals surface area (Å²) in [6, 6.07) is 4.12. The van der Waals surface area contributed by atoms with Crippen molar-refractivity contribution in [2.24, 2.45) is 0 Å². The highest BCUT2D eigenvalue weighted by atomic mass is 79.9. The van der Waals surface area contributed by atoms with E-state index in [0.717, 1.165) is 22.9 Å². The Balaban J connectivity index is 1.64. The van der Waals surface area contributed by atoms with Gasteiger partial charge in [-0.25, -0.2) is 4.68 Å². The van der Waals surface area contributed by atoms with Crippen LogP contribution in [-0.4, -0.2) is 39.0 Å². The van der Waals surface area contributed by atoms with Gasteiger partial charge in [0.05, 0.1) is 24.6 Å². The highest BCUT2D eigenvalue weighted by Gasteiger charge is 2.22. The third-order valence-corrected chi connectivity index (χ3v) is 5.61. The van der Waals surface area contributed by atoms with E-state index in [1.807, 2.05) is 23.7 Å². The number of nitrogens with one attached hydrogen (secondary N) is 1. The first-order chi connectivity index (χ1) is 12.1. The lowest BCUT2D eigenvalue weighted by Gasteiger charge is -2.14. The standard InChI is InChI=1S/C16H20BrN5O2S/c1-10-7-11(17)8-13(24-2)15(10)18-14(23)9-25-16-19-20-21-22(16)12-5-3-4-6-12/h7-8,12H,3-6,9H2,1-2H3,(H,18,23). The average Bonchev–Trinajstić information content (AvgIpc) is 3.25. The number of halogens is 1. The Morgan fingerprint density at radius 3 is 2.92 bits per heavy atom. The van der Waals surface area contributed by atoms with Crippen LogP contribution in [0.4, 0.5) is 5.69 Å². The monoisotopic (exact) mass is 425 g/mol. The van der Waals surface area contributed by atoms with Crippen molar-refractivity contribution >= 4 is 39.3 Å². The first-order valence-corrected chi connectivity index (χ1v) is 9.91. The number of benzene rings is 1. The first-order valence-electron chi connectivity index (χ1n) is 8.13. The molecule has 1 heterocycles. The van der Waals surface area contributed by atoms with Crippen LogP contribution in [-0.2, 0) is 4.79 Å². The Morgan fingerprint density at radius 1 is 1.44 bits per heavy atom. The number of hydrogen-bond acceptors (Lipinski definition) is 6. The number of tetrazole rings is 1. The molecule has 1 amide bonds. The second kappa shape index (κ2) is 8.18. The Kier molecular flexibility index (Phi) is 5.95. The zero-order chi connectivity index (χ0) is 17.8. The van der Waals surface area contributed by atoms with E-state index in [1.165, 1.54) is 24.6 Å². The second-order valence-electron chi connectivity index (χ2n) is 5.98. The highest BCUT2D eigenvalue weighted by Crippen LogP contribution is 2.33. The lowest BCUT2D eigenvalue weighted by Crippen LogP contribution is -2.16. The fourth-order valence-corrected chi connectivity index (χ4v) is 4.29. The maximum atomic E-state index is 12.4. The molecule has 0 bridgehead atoms. The van der Waals surface area contributed by atoms with Gasteiger partial charge in [-0.15, -0.1) is 5.10 Å². The van der Waals surface area contributed by atoms with Crippen molar-refractivity contribution in [2.45, 2.75) is 43.8 Å². The minimum Gasteiger partial charge on any atom is -0.495 e. The number of thioether (sulfide) groups is 1. The van der Waals surface area contributed by atoms with Crippen LogP contribution in [0.3, 0.4) is 0 Å². The van der Waals surface area contributed by atoms with Crippen LogP contribution in [0.15, 0.2) is 21.8 Å². The number of aryl methyl sites for hydroxylation is 1. The number of methoxy groups -OCH3 is 1. The lowest BCUT2D eigenvalue weighted by atomic mass is 10.2. The molecule has 2 aromatic rings. The number of ether oxygens (including phenoxy) is 1. The van der Waals surface area contributed by atoms with Crippen LogP contribution in [0.25, 0.3) is 0 Å². The largest absolute Gasteiger partial charge is 0.495 e. The molecule has 0 saturated heterocycles. The zero-order valence-electron chi connectivity index (χ0n) is 14.2. The summed E-state index contributed by atoms with van der Waals surface area (Å²) in [7, 11) is 1.58. The molecule has 1 aliphatic carbocycles. The summed E-state index contributed by atoms with van der Waals surface area (Å²) >= 11 is 4.78. The van der Waals surface area contributed by atoms with Gasteiger partial charge in [-0.05, 0) is 47.9 Å². The highest BCUT2D eigenvalue weighted by molar-refractivity contribution is 9.10. The summed E-state index contributed by atoms with van der Waals surface area (Å²) in [5.41, 5.74) is 1.62. The zero-order valence-corrected chi connectivity index (χ0v) is 16.6. The number of rotatable bonds is 6. The van der Waals surface area contributed by atoms with Gasteiger partial charge in [0, 0.05) is 4.47 Å². The maximum absolute atomic E-state index is 12.4. The van der Waals surface area contributed by atoms with Crippen molar-refractivity contribution in [1.29, 1.82) is 0 Å². The SMILES string of the molecule is COc1cc(Br)cc(C)c1NC(=O)CSc1nnnn1C1CCCC1. The van der Waals surface area contributed by atoms with E-state index in [9.17, 15) is 4.79 Å². The van der Waals surface area contributed by atoms with Gasteiger partial charge in [-0.1, -0.05) is 40.5 Å². The number of carbonyl (C=O) groups excluding carboxylic acids is 1. The van der Waals surface area contributed by atoms with Crippen molar-refractivity contribution in [3.63, 3.8) is 0 Å². The molecule has 0 aliphatic heterocycles. The summed E-state index contributed by atoms with van der Waals surface area (Å²) in [5, 5.41) is 15.5. The van der Waals surface area contributed by atoms with Gasteiger partial charge in [0.1, 0.15) is 5.75 Å². The van der Waals surface area contributed by atoms with Crippen molar-refractivity contribution in [1.82, 2.24) is 20.2 Å². The fourth-order valence-electron chi connectivity index (χ4n) is 3.00. The number of hydrogen-bond donors (Lipinski definition) is 1. The summed E-state index contributed by atoms with van der Waals surface area (Å²) in [6.45, 7) is 1.93. The molecule has 1 aliphatic rings. The van der Waals surface area contributed by atoms with Crippen LogP contribution in [0.5, 0.6) is 5.75 Å². The van der Waals surface area contributed by atoms with Gasteiger partial charge in [0.2, 0.25) is 11.1 Å². The maximum Gasteiger partial charge on any atom is 0.234 e. The quantitative estimate of drug-likeness (QED) is 0.711. The molecule has 0 atom stereocenters. The minimum absolute atomic E-state index is 0.116. The Morgan fingerprint density at radius 2 is 2.20 bits per heavy atom. The van der Waals surface area contributed by atoms with Crippen molar-refractivity contribution in [2.75, 3.05) is 18.2 Å². The van der Waals surface area contributed by atoms with E-state index in [2.05, 4.69) is 36.8 Å². The third kappa shape index (κ3) is 4.33. The molecule has 0 spiro atoms. The van der Waals surface area contributed by atoms with Gasteiger partial charge in [0.25, 0.3) is 0 Å². The van der Waals surface area contributed by atoms with Gasteiger partial charge in [0.15, 0.2) is 0 Å². The molecule has 1 saturated carbocycles. The van der Waals surface area contributed by atoms with E-state index in [4.69, 9.17) is 4.74 Å². The molecular formula is C16H20BrN5O2S. The van der Waals surface area contributed by atoms with Crippen molar-refractivity contribution in [3.8, 4) is 5.75 Å². The van der Waals surface area contributed by atoms with Gasteiger partial charge in [-0.2, -0.15) is 0 Å². The molecule has 0 unspecified atom stereocenters. The van der Waals surface area contributed by atoms with Crippen molar-refractivity contribution in [3.05, 3.63) is 22.2 Å². The summed E-state index contributed by atoms with van der Waals surface area (Å²) in [5.74, 6) is 0.752. The molecule has 1 aromatic heterocycles. The number of amides is 1. The normalized spacial score (nSPS) is 14.7. The number of carbonyl (C=O) groups is 1. The first kappa shape index (κ1) is 18.2. The van der Waals surface area contributed by atoms with E-state index in [1.54, 1.807) is 7.11 Å². The smallest absolute Gasteiger partial charge is 0.234 e. The number of anilines is 1. The van der Waals surface area contributed by atoms with E-state index >= 15 is 0 Å². The molecule has 9 heteroatoms. The molecule has 7 nitrogen and oxygen atoms in total. The van der Waals surface area contributed by atoms with E-state index in [0.29, 0.717) is 22.6 Å². The van der Waals surface area contributed by atoms with Crippen LogP contribution in [0.2, 0.25) is 0 Å². The summed E-state index contributed by atoms with van der Waals surface area (Å²) < 4.78 is 8.12. The van der Waals surface area contributed by atoms with Crippen molar-refractivity contribution < 1.29 is 9.53 Å². The van der Waals surface area contributed by atoms with E-state index < -0.39 is 0 Å². The molecule has 0 radical (unpaired) electrons. The molecule has 1 N–H and O–H groups in total. The van der Waals surface area contributed by atoms with Crippen LogP contribution < -0.4 is 10.1 Å². The Bertz CT molecular complexity index is 761. The fraction of sp³-hybridized carbons (Fsp3) is 0.500. The number of nitrogens with zero attached hydrogens (tertiary/aromatic N) is 4. The lowest BCUT2D eigenvalue weighted by molar-refractivity contribution is -0.113. The Hall–Kier alpha value is -1.61. The summed E-state index contributed by atoms with van der Waals surface area (Å²) in [6.07, 6.45) is 4.61. The molecule has 1 aromatic carbocycles. The molecule has 3 rings (SSSR count). The molecule has 1 fully saturated rings. The van der Waals surface area contributed by atoms with Gasteiger partial charge >= 0.3 is 0 Å². The third-order valence-electron chi connectivity index (χ3n) is 4.21. The molecular weight excluding hydrogens is 406 g/mol. The second-order valence-corrected chi connectivity index (χ2v) is 7.84. The summed E-state index contributed by atoms with van der Waals surface area (Å²) in [4.78, 5) is 12.4. The topological polar surface area (TPSA) is 81.9 Å². The van der Waals surface area contributed by atoms with Gasteiger partial charge in [-0.3, -0.25) is 4.79 Å². The molecule has 25 heavy (non-hydrogen) atoms. The predicted molar refractivity (Wildman–Crippen MR) is 100 cm³/mol. The van der Waals surface area contributed by atoms with Crippen LogP contribution in [0, 0.1) is 6.92 Å².